The Morgan fingerprint density at radius 1 is 1.22 bits per heavy atom. The summed E-state index contributed by atoms with van der Waals surface area (Å²) in [5, 5.41) is 3.89. The first-order valence-corrected chi connectivity index (χ1v) is 8.07. The third-order valence-corrected chi connectivity index (χ3v) is 5.68. The standard InChI is InChI=1S/C16H30N2/c1-12(2)15-9-17-16(3,14-7-8-14)11-18(15)10-13-5-4-6-13/h12-15,17H,4-11H2,1-3H3. The van der Waals surface area contributed by atoms with E-state index in [0.29, 0.717) is 5.54 Å². The number of rotatable bonds is 4. The van der Waals surface area contributed by atoms with Gasteiger partial charge in [0.25, 0.3) is 0 Å². The van der Waals surface area contributed by atoms with E-state index in [2.05, 4.69) is 31.0 Å². The molecule has 1 saturated heterocycles. The lowest BCUT2D eigenvalue weighted by Crippen LogP contribution is -2.65. The minimum absolute atomic E-state index is 0.412. The Morgan fingerprint density at radius 2 is 1.94 bits per heavy atom. The maximum atomic E-state index is 3.89. The van der Waals surface area contributed by atoms with Gasteiger partial charge in [0, 0.05) is 31.2 Å². The third kappa shape index (κ3) is 2.46. The normalized spacial score (nSPS) is 39.0. The summed E-state index contributed by atoms with van der Waals surface area (Å²) in [5.74, 6) is 2.74. The first-order valence-electron chi connectivity index (χ1n) is 8.07. The van der Waals surface area contributed by atoms with Crippen LogP contribution in [0.1, 0.15) is 52.9 Å². The minimum Gasteiger partial charge on any atom is -0.308 e. The van der Waals surface area contributed by atoms with E-state index >= 15 is 0 Å². The van der Waals surface area contributed by atoms with E-state index in [-0.39, 0.29) is 0 Å². The highest BCUT2D eigenvalue weighted by Gasteiger charge is 2.46. The fraction of sp³-hybridized carbons (Fsp3) is 1.00. The van der Waals surface area contributed by atoms with E-state index in [0.717, 1.165) is 23.8 Å². The van der Waals surface area contributed by atoms with Crippen LogP contribution < -0.4 is 5.32 Å². The van der Waals surface area contributed by atoms with E-state index in [9.17, 15) is 0 Å². The predicted octanol–water partition coefficient (Wildman–Crippen LogP) is 2.89. The lowest BCUT2D eigenvalue weighted by molar-refractivity contribution is 0.0292. The zero-order valence-electron chi connectivity index (χ0n) is 12.4. The van der Waals surface area contributed by atoms with Crippen LogP contribution >= 0.6 is 0 Å². The smallest absolute Gasteiger partial charge is 0.0309 e. The van der Waals surface area contributed by atoms with E-state index in [4.69, 9.17) is 0 Å². The monoisotopic (exact) mass is 250 g/mol. The van der Waals surface area contributed by atoms with Crippen molar-refractivity contribution in [2.45, 2.75) is 64.5 Å². The summed E-state index contributed by atoms with van der Waals surface area (Å²) in [6.07, 6.45) is 7.34. The molecule has 0 aromatic heterocycles. The summed E-state index contributed by atoms with van der Waals surface area (Å²) >= 11 is 0. The Labute approximate surface area is 113 Å². The van der Waals surface area contributed by atoms with Crippen molar-refractivity contribution in [1.29, 1.82) is 0 Å². The second kappa shape index (κ2) is 4.79. The molecule has 2 nitrogen and oxygen atoms in total. The van der Waals surface area contributed by atoms with Crippen LogP contribution in [0, 0.1) is 17.8 Å². The zero-order valence-corrected chi connectivity index (χ0v) is 12.4. The Hall–Kier alpha value is -0.0800. The molecule has 0 amide bonds. The average molecular weight is 250 g/mol. The number of hydrogen-bond acceptors (Lipinski definition) is 2. The van der Waals surface area contributed by atoms with Crippen molar-refractivity contribution in [3.63, 3.8) is 0 Å². The van der Waals surface area contributed by atoms with Crippen LogP contribution in [0.2, 0.25) is 0 Å². The maximum Gasteiger partial charge on any atom is 0.0309 e. The summed E-state index contributed by atoms with van der Waals surface area (Å²) in [6, 6.07) is 0.762. The highest BCUT2D eigenvalue weighted by atomic mass is 15.3. The van der Waals surface area contributed by atoms with Gasteiger partial charge in [-0.3, -0.25) is 4.90 Å². The lowest BCUT2D eigenvalue weighted by atomic mass is 9.82. The maximum absolute atomic E-state index is 3.89. The molecule has 104 valence electrons. The molecular weight excluding hydrogens is 220 g/mol. The van der Waals surface area contributed by atoms with Crippen LogP contribution in [0.3, 0.4) is 0 Å². The van der Waals surface area contributed by atoms with Crippen LogP contribution in [0.5, 0.6) is 0 Å². The van der Waals surface area contributed by atoms with Crippen LogP contribution in [-0.4, -0.2) is 36.1 Å². The Balaban J connectivity index is 1.66. The fourth-order valence-electron chi connectivity index (χ4n) is 3.92. The van der Waals surface area contributed by atoms with E-state index < -0.39 is 0 Å². The Morgan fingerprint density at radius 3 is 2.44 bits per heavy atom. The molecule has 0 aromatic rings. The zero-order chi connectivity index (χ0) is 12.8. The van der Waals surface area contributed by atoms with Gasteiger partial charge < -0.3 is 5.32 Å². The second-order valence-corrected chi connectivity index (χ2v) is 7.61. The number of nitrogens with zero attached hydrogens (tertiary/aromatic N) is 1. The molecule has 0 bridgehead atoms. The molecule has 2 aliphatic carbocycles. The van der Waals surface area contributed by atoms with E-state index in [1.165, 1.54) is 51.7 Å². The number of nitrogens with one attached hydrogen (secondary N) is 1. The van der Waals surface area contributed by atoms with Gasteiger partial charge in [-0.2, -0.15) is 0 Å². The molecule has 18 heavy (non-hydrogen) atoms. The van der Waals surface area contributed by atoms with Crippen LogP contribution in [0.4, 0.5) is 0 Å². The first kappa shape index (κ1) is 12.9. The van der Waals surface area contributed by atoms with Gasteiger partial charge in [-0.25, -0.2) is 0 Å². The fourth-order valence-corrected chi connectivity index (χ4v) is 3.92. The molecule has 3 fully saturated rings. The number of hydrogen-bond donors (Lipinski definition) is 1. The quantitative estimate of drug-likeness (QED) is 0.825. The van der Waals surface area contributed by atoms with Crippen LogP contribution in [0.15, 0.2) is 0 Å². The average Bonchev–Trinajstić information content (AvgIpc) is 3.07. The predicted molar refractivity (Wildman–Crippen MR) is 76.7 cm³/mol. The van der Waals surface area contributed by atoms with Crippen molar-refractivity contribution in [3.8, 4) is 0 Å². The van der Waals surface area contributed by atoms with Crippen molar-refractivity contribution in [2.24, 2.45) is 17.8 Å². The van der Waals surface area contributed by atoms with Gasteiger partial charge in [-0.1, -0.05) is 20.3 Å². The van der Waals surface area contributed by atoms with Crippen LogP contribution in [0.25, 0.3) is 0 Å². The highest BCUT2D eigenvalue weighted by Crippen LogP contribution is 2.42. The molecule has 2 heteroatoms. The third-order valence-electron chi connectivity index (χ3n) is 5.68. The first-order chi connectivity index (χ1) is 8.58. The molecule has 1 heterocycles. The van der Waals surface area contributed by atoms with Crippen LogP contribution in [-0.2, 0) is 0 Å². The van der Waals surface area contributed by atoms with Crippen molar-refractivity contribution >= 4 is 0 Å². The van der Waals surface area contributed by atoms with Crippen molar-refractivity contribution in [2.75, 3.05) is 19.6 Å². The Bertz CT molecular complexity index is 293. The highest BCUT2D eigenvalue weighted by molar-refractivity contribution is 5.04. The number of piperazine rings is 1. The van der Waals surface area contributed by atoms with Gasteiger partial charge in [-0.05, 0) is 50.4 Å². The van der Waals surface area contributed by atoms with Gasteiger partial charge in [0.05, 0.1) is 0 Å². The molecule has 0 radical (unpaired) electrons. The molecule has 2 saturated carbocycles. The topological polar surface area (TPSA) is 15.3 Å². The van der Waals surface area contributed by atoms with Gasteiger partial charge in [0.1, 0.15) is 0 Å². The lowest BCUT2D eigenvalue weighted by Gasteiger charge is -2.50. The molecule has 1 aliphatic heterocycles. The van der Waals surface area contributed by atoms with Crippen molar-refractivity contribution in [1.82, 2.24) is 10.2 Å². The summed E-state index contributed by atoms with van der Waals surface area (Å²) < 4.78 is 0. The summed E-state index contributed by atoms with van der Waals surface area (Å²) in [5.41, 5.74) is 0.412. The molecule has 3 rings (SSSR count). The Kier molecular flexibility index (Phi) is 3.44. The van der Waals surface area contributed by atoms with Crippen molar-refractivity contribution < 1.29 is 0 Å². The van der Waals surface area contributed by atoms with Gasteiger partial charge in [-0.15, -0.1) is 0 Å². The van der Waals surface area contributed by atoms with E-state index in [1.54, 1.807) is 0 Å². The molecule has 1 N–H and O–H groups in total. The van der Waals surface area contributed by atoms with Gasteiger partial charge in [0.15, 0.2) is 0 Å². The summed E-state index contributed by atoms with van der Waals surface area (Å²) in [7, 11) is 0. The second-order valence-electron chi connectivity index (χ2n) is 7.61. The largest absolute Gasteiger partial charge is 0.308 e. The van der Waals surface area contributed by atoms with Gasteiger partial charge >= 0.3 is 0 Å². The summed E-state index contributed by atoms with van der Waals surface area (Å²) in [6.45, 7) is 11.1. The molecule has 0 aromatic carbocycles. The molecule has 2 atom stereocenters. The molecule has 2 unspecified atom stereocenters. The molecule has 0 spiro atoms. The van der Waals surface area contributed by atoms with Gasteiger partial charge in [0.2, 0.25) is 0 Å². The molecule has 3 aliphatic rings. The SMILES string of the molecule is CC(C)C1CNC(C)(C2CC2)CN1CC1CCC1. The molecular formula is C16H30N2. The minimum atomic E-state index is 0.412. The van der Waals surface area contributed by atoms with Crippen molar-refractivity contribution in [3.05, 3.63) is 0 Å². The van der Waals surface area contributed by atoms with E-state index in [1.807, 2.05) is 0 Å². The summed E-state index contributed by atoms with van der Waals surface area (Å²) in [4.78, 5) is 2.84.